The number of nitrogens with one attached hydrogen (secondary N) is 1. The van der Waals surface area contributed by atoms with Crippen LogP contribution >= 0.6 is 0 Å². The van der Waals surface area contributed by atoms with Gasteiger partial charge < -0.3 is 29.1 Å². The van der Waals surface area contributed by atoms with Gasteiger partial charge in [0.1, 0.15) is 29.8 Å². The molecule has 1 aromatic heterocycles. The van der Waals surface area contributed by atoms with Gasteiger partial charge in [0.15, 0.2) is 16.9 Å². The lowest BCUT2D eigenvalue weighted by Gasteiger charge is -2.26. The minimum Gasteiger partial charge on any atom is -0.508 e. The molecule has 4 rings (SSSR count). The van der Waals surface area contributed by atoms with Crippen molar-refractivity contribution in [3.63, 3.8) is 0 Å². The molecule has 1 unspecified atom stereocenters. The first kappa shape index (κ1) is 18.2. The Hall–Kier alpha value is -3.19. The average Bonchev–Trinajstić information content (AvgIpc) is 2.70. The Bertz CT molecular complexity index is 1020. The first-order valence-electron chi connectivity index (χ1n) is 9.16. The minimum absolute atomic E-state index is 0.0660. The van der Waals surface area contributed by atoms with Crippen LogP contribution in [0.15, 0.2) is 57.9 Å². The van der Waals surface area contributed by atoms with Crippen LogP contribution in [0.2, 0.25) is 0 Å². The van der Waals surface area contributed by atoms with Crippen LogP contribution in [0.4, 0.5) is 0 Å². The van der Waals surface area contributed by atoms with Crippen molar-refractivity contribution in [2.75, 3.05) is 26.3 Å². The molecule has 146 valence electrons. The second-order valence-corrected chi connectivity index (χ2v) is 6.53. The standard InChI is InChI=1S/C21H21NO6/c23-14-2-5-19-21(10-14)28-16(13-27-19)12-22-7-1-8-25-15-3-4-17-18(24)6-9-26-20(17)11-15/h2-6,9-11,16,22-23H,1,7-8,12-13H2. The Morgan fingerprint density at radius 1 is 1.14 bits per heavy atom. The fourth-order valence-electron chi connectivity index (χ4n) is 3.01. The van der Waals surface area contributed by atoms with Crippen molar-refractivity contribution in [3.8, 4) is 23.0 Å². The summed E-state index contributed by atoms with van der Waals surface area (Å²) in [6.07, 6.45) is 2.08. The highest BCUT2D eigenvalue weighted by molar-refractivity contribution is 5.77. The molecule has 0 radical (unpaired) electrons. The summed E-state index contributed by atoms with van der Waals surface area (Å²) in [6, 6.07) is 11.4. The van der Waals surface area contributed by atoms with E-state index in [-0.39, 0.29) is 17.3 Å². The zero-order valence-electron chi connectivity index (χ0n) is 15.2. The number of phenolic OH excluding ortho intramolecular Hbond substituents is 1. The summed E-state index contributed by atoms with van der Waals surface area (Å²) in [5.41, 5.74) is 0.452. The molecule has 0 fully saturated rings. The number of aromatic hydroxyl groups is 1. The summed E-state index contributed by atoms with van der Waals surface area (Å²) in [4.78, 5) is 11.7. The van der Waals surface area contributed by atoms with Crippen molar-refractivity contribution in [1.29, 1.82) is 0 Å². The maximum absolute atomic E-state index is 11.7. The van der Waals surface area contributed by atoms with E-state index < -0.39 is 0 Å². The molecule has 0 saturated heterocycles. The SMILES string of the molecule is O=c1ccoc2cc(OCCCNCC3COc4ccc(O)cc4O3)ccc12. The largest absolute Gasteiger partial charge is 0.508 e. The van der Waals surface area contributed by atoms with E-state index in [0.717, 1.165) is 13.0 Å². The van der Waals surface area contributed by atoms with Gasteiger partial charge in [0.2, 0.25) is 0 Å². The highest BCUT2D eigenvalue weighted by Crippen LogP contribution is 2.34. The fraction of sp³-hybridized carbons (Fsp3) is 0.286. The van der Waals surface area contributed by atoms with Gasteiger partial charge in [0.05, 0.1) is 18.3 Å². The number of hydrogen-bond donors (Lipinski definition) is 2. The van der Waals surface area contributed by atoms with Crippen molar-refractivity contribution in [3.05, 3.63) is 59.0 Å². The Morgan fingerprint density at radius 3 is 3.00 bits per heavy atom. The lowest BCUT2D eigenvalue weighted by atomic mass is 10.2. The van der Waals surface area contributed by atoms with Crippen molar-refractivity contribution in [2.45, 2.75) is 12.5 Å². The smallest absolute Gasteiger partial charge is 0.192 e. The molecule has 2 heterocycles. The molecule has 0 saturated carbocycles. The lowest BCUT2D eigenvalue weighted by molar-refractivity contribution is 0.0898. The highest BCUT2D eigenvalue weighted by atomic mass is 16.6. The van der Waals surface area contributed by atoms with Crippen LogP contribution in [-0.2, 0) is 0 Å². The fourth-order valence-corrected chi connectivity index (χ4v) is 3.01. The molecule has 7 heteroatoms. The van der Waals surface area contributed by atoms with Crippen molar-refractivity contribution < 1.29 is 23.7 Å². The number of hydrogen-bond acceptors (Lipinski definition) is 7. The quantitative estimate of drug-likeness (QED) is 0.606. The van der Waals surface area contributed by atoms with Gasteiger partial charge in [-0.2, -0.15) is 0 Å². The monoisotopic (exact) mass is 383 g/mol. The molecule has 7 nitrogen and oxygen atoms in total. The predicted octanol–water partition coefficient (Wildman–Crippen LogP) is 2.70. The molecule has 3 aromatic rings. The molecule has 0 spiro atoms. The molecule has 0 bridgehead atoms. The Morgan fingerprint density at radius 2 is 2.07 bits per heavy atom. The molecule has 1 aliphatic rings. The van der Waals surface area contributed by atoms with E-state index in [2.05, 4.69) is 5.32 Å². The zero-order valence-corrected chi connectivity index (χ0v) is 15.2. The van der Waals surface area contributed by atoms with Gasteiger partial charge in [0, 0.05) is 24.7 Å². The van der Waals surface area contributed by atoms with E-state index in [1.165, 1.54) is 12.3 Å². The second kappa shape index (κ2) is 8.22. The van der Waals surface area contributed by atoms with Gasteiger partial charge >= 0.3 is 0 Å². The van der Waals surface area contributed by atoms with Crippen LogP contribution in [0.25, 0.3) is 11.0 Å². The molecule has 1 atom stereocenters. The minimum atomic E-state index is -0.112. The molecule has 28 heavy (non-hydrogen) atoms. The van der Waals surface area contributed by atoms with Crippen LogP contribution in [0.3, 0.4) is 0 Å². The van der Waals surface area contributed by atoms with Gasteiger partial charge in [-0.1, -0.05) is 0 Å². The third-order valence-electron chi connectivity index (χ3n) is 4.42. The molecule has 0 amide bonds. The first-order chi connectivity index (χ1) is 13.7. The number of benzene rings is 2. The summed E-state index contributed by atoms with van der Waals surface area (Å²) >= 11 is 0. The maximum Gasteiger partial charge on any atom is 0.192 e. The van der Waals surface area contributed by atoms with Crippen LogP contribution in [0, 0.1) is 0 Å². The van der Waals surface area contributed by atoms with Gasteiger partial charge in [-0.25, -0.2) is 0 Å². The molecular formula is C21H21NO6. The van der Waals surface area contributed by atoms with E-state index in [1.54, 1.807) is 36.4 Å². The Labute approximate surface area is 161 Å². The first-order valence-corrected chi connectivity index (χ1v) is 9.16. The topological polar surface area (TPSA) is 90.2 Å². The molecule has 2 N–H and O–H groups in total. The number of fused-ring (bicyclic) bond motifs is 2. The van der Waals surface area contributed by atoms with Crippen molar-refractivity contribution in [2.24, 2.45) is 0 Å². The van der Waals surface area contributed by atoms with Gasteiger partial charge in [-0.15, -0.1) is 0 Å². The van der Waals surface area contributed by atoms with E-state index in [0.29, 0.717) is 48.0 Å². The summed E-state index contributed by atoms with van der Waals surface area (Å²) in [5, 5.41) is 13.4. The molecule has 2 aromatic carbocycles. The normalized spacial score (nSPS) is 15.5. The lowest BCUT2D eigenvalue weighted by Crippen LogP contribution is -2.39. The second-order valence-electron chi connectivity index (χ2n) is 6.53. The molecule has 1 aliphatic heterocycles. The van der Waals surface area contributed by atoms with Crippen LogP contribution in [0.1, 0.15) is 6.42 Å². The van der Waals surface area contributed by atoms with E-state index in [9.17, 15) is 9.90 Å². The maximum atomic E-state index is 11.7. The van der Waals surface area contributed by atoms with E-state index in [4.69, 9.17) is 18.6 Å². The Balaban J connectivity index is 1.18. The van der Waals surface area contributed by atoms with Crippen LogP contribution in [0.5, 0.6) is 23.0 Å². The van der Waals surface area contributed by atoms with Crippen molar-refractivity contribution in [1.82, 2.24) is 5.32 Å². The summed E-state index contributed by atoms with van der Waals surface area (Å²) in [6.45, 7) is 2.39. The highest BCUT2D eigenvalue weighted by Gasteiger charge is 2.20. The average molecular weight is 383 g/mol. The number of ether oxygens (including phenoxy) is 3. The molecular weight excluding hydrogens is 362 g/mol. The third-order valence-corrected chi connectivity index (χ3v) is 4.42. The third kappa shape index (κ3) is 4.20. The van der Waals surface area contributed by atoms with E-state index >= 15 is 0 Å². The summed E-state index contributed by atoms with van der Waals surface area (Å²) in [7, 11) is 0. The summed E-state index contributed by atoms with van der Waals surface area (Å²) in [5.74, 6) is 2.03. The zero-order chi connectivity index (χ0) is 19.3. The predicted molar refractivity (Wildman–Crippen MR) is 103 cm³/mol. The van der Waals surface area contributed by atoms with E-state index in [1.807, 2.05) is 0 Å². The summed E-state index contributed by atoms with van der Waals surface area (Å²) < 4.78 is 22.5. The van der Waals surface area contributed by atoms with Gasteiger partial charge in [-0.3, -0.25) is 4.79 Å². The van der Waals surface area contributed by atoms with Crippen LogP contribution in [-0.4, -0.2) is 37.5 Å². The number of phenols is 1. The van der Waals surface area contributed by atoms with Crippen LogP contribution < -0.4 is 25.0 Å². The Kier molecular flexibility index (Phi) is 5.34. The number of rotatable bonds is 7. The van der Waals surface area contributed by atoms with Gasteiger partial charge in [0.25, 0.3) is 0 Å². The van der Waals surface area contributed by atoms with Gasteiger partial charge in [-0.05, 0) is 37.2 Å². The van der Waals surface area contributed by atoms with Crippen molar-refractivity contribution >= 4 is 11.0 Å². The molecule has 0 aliphatic carbocycles.